The Kier molecular flexibility index (Phi) is 7.87. The Bertz CT molecular complexity index is 626. The summed E-state index contributed by atoms with van der Waals surface area (Å²) in [6.07, 6.45) is 2.10. The van der Waals surface area contributed by atoms with Crippen molar-refractivity contribution in [1.82, 2.24) is 10.2 Å². The number of carbonyl (C=O) groups is 1. The molecule has 6 nitrogen and oxygen atoms in total. The molecule has 1 aliphatic heterocycles. The molecule has 0 radical (unpaired) electrons. The van der Waals surface area contributed by atoms with Crippen LogP contribution in [0.1, 0.15) is 19.3 Å². The monoisotopic (exact) mass is 368 g/mol. The molecule has 0 spiro atoms. The van der Waals surface area contributed by atoms with Crippen molar-refractivity contribution in [2.75, 3.05) is 45.6 Å². The van der Waals surface area contributed by atoms with E-state index in [1.807, 2.05) is 0 Å². The lowest BCUT2D eigenvalue weighted by Gasteiger charge is -2.31. The van der Waals surface area contributed by atoms with E-state index in [0.29, 0.717) is 12.5 Å². The quantitative estimate of drug-likeness (QED) is 0.712. The number of nitrogens with zero attached hydrogens (tertiary/aromatic N) is 1. The van der Waals surface area contributed by atoms with Gasteiger partial charge < -0.3 is 15.0 Å². The van der Waals surface area contributed by atoms with Gasteiger partial charge in [0.15, 0.2) is 9.84 Å². The normalized spacial score (nSPS) is 16.7. The van der Waals surface area contributed by atoms with Gasteiger partial charge >= 0.3 is 0 Å². The first-order chi connectivity index (χ1) is 12.0. The Balaban J connectivity index is 1.66. The molecule has 1 N–H and O–H groups in total. The van der Waals surface area contributed by atoms with Gasteiger partial charge in [0, 0.05) is 26.6 Å². The van der Waals surface area contributed by atoms with Crippen LogP contribution < -0.4 is 5.32 Å². The number of hydrogen-bond acceptors (Lipinski definition) is 5. The van der Waals surface area contributed by atoms with Crippen molar-refractivity contribution in [3.8, 4) is 0 Å². The van der Waals surface area contributed by atoms with Gasteiger partial charge in [-0.3, -0.25) is 4.79 Å². The van der Waals surface area contributed by atoms with Crippen LogP contribution in [-0.2, 0) is 19.4 Å². The fourth-order valence-corrected chi connectivity index (χ4v) is 4.22. The topological polar surface area (TPSA) is 75.7 Å². The zero-order valence-corrected chi connectivity index (χ0v) is 15.6. The van der Waals surface area contributed by atoms with Crippen LogP contribution in [0, 0.1) is 5.92 Å². The molecule has 0 aromatic heterocycles. The number of hydrogen-bond donors (Lipinski definition) is 1. The maximum Gasteiger partial charge on any atom is 0.221 e. The van der Waals surface area contributed by atoms with Gasteiger partial charge in [0.1, 0.15) is 0 Å². The van der Waals surface area contributed by atoms with Gasteiger partial charge in [0.2, 0.25) is 5.91 Å². The molecular formula is C18H28N2O4S. The third-order valence-corrected chi connectivity index (χ3v) is 6.34. The smallest absolute Gasteiger partial charge is 0.221 e. The molecule has 1 aromatic carbocycles. The molecule has 0 atom stereocenters. The molecular weight excluding hydrogens is 340 g/mol. The number of likely N-dealkylation sites (tertiary alicyclic amines) is 1. The summed E-state index contributed by atoms with van der Waals surface area (Å²) in [6, 6.07) is 8.26. The number of amides is 1. The molecule has 0 aliphatic carbocycles. The van der Waals surface area contributed by atoms with E-state index < -0.39 is 9.84 Å². The summed E-state index contributed by atoms with van der Waals surface area (Å²) in [5.41, 5.74) is 0. The molecule has 140 valence electrons. The van der Waals surface area contributed by atoms with Crippen LogP contribution in [0.2, 0.25) is 0 Å². The second-order valence-electron chi connectivity index (χ2n) is 6.46. The van der Waals surface area contributed by atoms with Gasteiger partial charge in [0.25, 0.3) is 0 Å². The Hall–Kier alpha value is -1.44. The molecule has 1 saturated heterocycles. The highest BCUT2D eigenvalue weighted by Gasteiger charge is 2.20. The number of piperidine rings is 1. The minimum atomic E-state index is -3.39. The van der Waals surface area contributed by atoms with Crippen LogP contribution in [-0.4, -0.2) is 64.9 Å². The van der Waals surface area contributed by atoms with E-state index in [4.69, 9.17) is 4.74 Å². The van der Waals surface area contributed by atoms with Gasteiger partial charge in [-0.05, 0) is 44.0 Å². The maximum absolute atomic E-state index is 12.2. The summed E-state index contributed by atoms with van der Waals surface area (Å²) >= 11 is 0. The van der Waals surface area contributed by atoms with Crippen LogP contribution >= 0.6 is 0 Å². The van der Waals surface area contributed by atoms with E-state index >= 15 is 0 Å². The van der Waals surface area contributed by atoms with Crippen LogP contribution in [0.25, 0.3) is 0 Å². The van der Waals surface area contributed by atoms with Crippen molar-refractivity contribution in [2.45, 2.75) is 24.2 Å². The third kappa shape index (κ3) is 6.76. The first-order valence-electron chi connectivity index (χ1n) is 8.77. The Morgan fingerprint density at radius 3 is 2.56 bits per heavy atom. The lowest BCUT2D eigenvalue weighted by molar-refractivity contribution is -0.120. The zero-order valence-electron chi connectivity index (χ0n) is 14.8. The Morgan fingerprint density at radius 1 is 1.24 bits per heavy atom. The number of sulfone groups is 1. The van der Waals surface area contributed by atoms with Crippen molar-refractivity contribution >= 4 is 15.7 Å². The van der Waals surface area contributed by atoms with E-state index in [0.717, 1.165) is 39.1 Å². The number of rotatable bonds is 9. The second kappa shape index (κ2) is 9.89. The average molecular weight is 368 g/mol. The molecule has 1 aliphatic rings. The summed E-state index contributed by atoms with van der Waals surface area (Å²) in [7, 11) is -1.69. The molecule has 1 aromatic rings. The highest BCUT2D eigenvalue weighted by molar-refractivity contribution is 7.91. The van der Waals surface area contributed by atoms with Crippen molar-refractivity contribution in [3.63, 3.8) is 0 Å². The lowest BCUT2D eigenvalue weighted by Crippen LogP contribution is -2.40. The van der Waals surface area contributed by atoms with Crippen molar-refractivity contribution in [3.05, 3.63) is 30.3 Å². The van der Waals surface area contributed by atoms with Gasteiger partial charge in [-0.25, -0.2) is 8.42 Å². The summed E-state index contributed by atoms with van der Waals surface area (Å²) in [4.78, 5) is 14.6. The zero-order chi connectivity index (χ0) is 18.1. The minimum absolute atomic E-state index is 0.00388. The minimum Gasteiger partial charge on any atom is -0.383 e. The molecule has 25 heavy (non-hydrogen) atoms. The summed E-state index contributed by atoms with van der Waals surface area (Å²) in [5, 5.41) is 2.89. The number of nitrogens with one attached hydrogen (secondary N) is 1. The van der Waals surface area contributed by atoms with Gasteiger partial charge in [-0.2, -0.15) is 0 Å². The number of ether oxygens (including phenoxy) is 1. The predicted octanol–water partition coefficient (Wildman–Crippen LogP) is 1.32. The number of carbonyl (C=O) groups excluding carboxylic acids is 1. The van der Waals surface area contributed by atoms with Gasteiger partial charge in [0.05, 0.1) is 17.3 Å². The second-order valence-corrected chi connectivity index (χ2v) is 8.57. The van der Waals surface area contributed by atoms with E-state index in [1.54, 1.807) is 37.4 Å². The first-order valence-corrected chi connectivity index (χ1v) is 10.4. The fraction of sp³-hybridized carbons (Fsp3) is 0.611. The SMILES string of the molecule is COCCN1CCC(CNC(=O)CCS(=O)(=O)c2ccccc2)CC1. The highest BCUT2D eigenvalue weighted by Crippen LogP contribution is 2.16. The van der Waals surface area contributed by atoms with Crippen molar-refractivity contribution < 1.29 is 17.9 Å². The van der Waals surface area contributed by atoms with E-state index in [1.165, 1.54) is 0 Å². The molecule has 1 heterocycles. The number of benzene rings is 1. The van der Waals surface area contributed by atoms with Crippen molar-refractivity contribution in [1.29, 1.82) is 0 Å². The van der Waals surface area contributed by atoms with Gasteiger partial charge in [-0.15, -0.1) is 0 Å². The average Bonchev–Trinajstić information content (AvgIpc) is 2.64. The largest absolute Gasteiger partial charge is 0.383 e. The molecule has 1 fully saturated rings. The van der Waals surface area contributed by atoms with Crippen LogP contribution in [0.5, 0.6) is 0 Å². The van der Waals surface area contributed by atoms with Crippen LogP contribution in [0.3, 0.4) is 0 Å². The van der Waals surface area contributed by atoms with E-state index in [2.05, 4.69) is 10.2 Å². The lowest BCUT2D eigenvalue weighted by atomic mass is 9.97. The van der Waals surface area contributed by atoms with E-state index in [-0.39, 0.29) is 23.0 Å². The standard InChI is InChI=1S/C18H28N2O4S/c1-24-13-12-20-10-7-16(8-11-20)15-19-18(21)9-14-25(22,23)17-5-3-2-4-6-17/h2-6,16H,7-15H2,1H3,(H,19,21). The van der Waals surface area contributed by atoms with Crippen LogP contribution in [0.4, 0.5) is 0 Å². The van der Waals surface area contributed by atoms with Crippen LogP contribution in [0.15, 0.2) is 35.2 Å². The first kappa shape index (κ1) is 19.9. The predicted molar refractivity (Wildman–Crippen MR) is 97.2 cm³/mol. The summed E-state index contributed by atoms with van der Waals surface area (Å²) < 4.78 is 29.4. The number of methoxy groups -OCH3 is 1. The molecule has 0 unspecified atom stereocenters. The molecule has 2 rings (SSSR count). The molecule has 7 heteroatoms. The molecule has 1 amide bonds. The Labute approximate surface area is 150 Å². The maximum atomic E-state index is 12.2. The summed E-state index contributed by atoms with van der Waals surface area (Å²) in [6.45, 7) is 4.37. The fourth-order valence-electron chi connectivity index (χ4n) is 2.95. The molecule has 0 saturated carbocycles. The summed E-state index contributed by atoms with van der Waals surface area (Å²) in [5.74, 6) is 0.119. The van der Waals surface area contributed by atoms with Gasteiger partial charge in [-0.1, -0.05) is 18.2 Å². The third-order valence-electron chi connectivity index (χ3n) is 4.61. The Morgan fingerprint density at radius 2 is 1.92 bits per heavy atom. The van der Waals surface area contributed by atoms with Crippen molar-refractivity contribution in [2.24, 2.45) is 5.92 Å². The highest BCUT2D eigenvalue weighted by atomic mass is 32.2. The molecule has 0 bridgehead atoms. The van der Waals surface area contributed by atoms with E-state index in [9.17, 15) is 13.2 Å².